The van der Waals surface area contributed by atoms with Gasteiger partial charge in [0.05, 0.1) is 16.9 Å². The van der Waals surface area contributed by atoms with Crippen molar-refractivity contribution in [3.8, 4) is 0 Å². The lowest BCUT2D eigenvalue weighted by Crippen LogP contribution is -2.19. The molecule has 1 aliphatic heterocycles. The van der Waals surface area contributed by atoms with Crippen molar-refractivity contribution in [3.63, 3.8) is 0 Å². The number of rotatable bonds is 4. The average molecular weight is 340 g/mol. The predicted molar refractivity (Wildman–Crippen MR) is 98.0 cm³/mol. The van der Waals surface area contributed by atoms with Crippen molar-refractivity contribution in [3.05, 3.63) is 58.4 Å². The molecular weight excluding hydrogens is 319 g/mol. The van der Waals surface area contributed by atoms with Crippen LogP contribution in [0.25, 0.3) is 0 Å². The van der Waals surface area contributed by atoms with Crippen molar-refractivity contribution in [1.29, 1.82) is 0 Å². The van der Waals surface area contributed by atoms with Gasteiger partial charge in [-0.05, 0) is 67.6 Å². The summed E-state index contributed by atoms with van der Waals surface area (Å²) in [6.45, 7) is 5.44. The van der Waals surface area contributed by atoms with E-state index in [0.717, 1.165) is 31.5 Å². The summed E-state index contributed by atoms with van der Waals surface area (Å²) in [5.74, 6) is -1.23. The number of aliphatic imine (C=N–C) groups is 1. The quantitative estimate of drug-likeness (QED) is 0.834. The molecule has 0 unspecified atom stereocenters. The minimum Gasteiger partial charge on any atom is -0.478 e. The Labute approximate surface area is 146 Å². The molecule has 0 saturated carbocycles. The van der Waals surface area contributed by atoms with Crippen LogP contribution < -0.4 is 4.90 Å². The van der Waals surface area contributed by atoms with E-state index >= 15 is 0 Å². The number of carboxylic acids is 1. The van der Waals surface area contributed by atoms with Gasteiger partial charge in [0.15, 0.2) is 0 Å². The zero-order chi connectivity index (χ0) is 18.0. The molecule has 0 aromatic heterocycles. The Balaban J connectivity index is 1.91. The summed E-state index contributed by atoms with van der Waals surface area (Å²) < 4.78 is 14.5. The molecule has 1 N–H and O–H groups in total. The first kappa shape index (κ1) is 17.1. The molecule has 5 heteroatoms. The van der Waals surface area contributed by atoms with Crippen molar-refractivity contribution >= 4 is 23.6 Å². The Hall–Kier alpha value is -2.69. The van der Waals surface area contributed by atoms with Crippen LogP contribution in [0.3, 0.4) is 0 Å². The summed E-state index contributed by atoms with van der Waals surface area (Å²) in [7, 11) is 0. The number of benzene rings is 2. The monoisotopic (exact) mass is 340 g/mol. The molecule has 2 aromatic rings. The van der Waals surface area contributed by atoms with E-state index in [4.69, 9.17) is 0 Å². The van der Waals surface area contributed by atoms with Crippen LogP contribution in [0.2, 0.25) is 0 Å². The molecule has 1 saturated heterocycles. The van der Waals surface area contributed by atoms with Gasteiger partial charge in [-0.3, -0.25) is 4.99 Å². The number of aromatic carboxylic acids is 1. The number of carbonyl (C=O) groups is 1. The lowest BCUT2D eigenvalue weighted by atomic mass is 10.1. The zero-order valence-corrected chi connectivity index (χ0v) is 14.4. The molecule has 0 radical (unpaired) electrons. The highest BCUT2D eigenvalue weighted by molar-refractivity contribution is 5.92. The Bertz CT molecular complexity index is 840. The Morgan fingerprint density at radius 1 is 1.24 bits per heavy atom. The van der Waals surface area contributed by atoms with Crippen LogP contribution in [0.5, 0.6) is 0 Å². The van der Waals surface area contributed by atoms with E-state index in [-0.39, 0.29) is 11.4 Å². The second-order valence-corrected chi connectivity index (χ2v) is 6.37. The first-order valence-corrected chi connectivity index (χ1v) is 8.39. The molecule has 1 fully saturated rings. The van der Waals surface area contributed by atoms with Crippen molar-refractivity contribution in [1.82, 2.24) is 0 Å². The van der Waals surface area contributed by atoms with Crippen LogP contribution in [0.15, 0.2) is 35.3 Å². The van der Waals surface area contributed by atoms with Crippen LogP contribution in [-0.4, -0.2) is 30.4 Å². The van der Waals surface area contributed by atoms with E-state index in [9.17, 15) is 14.3 Å². The summed E-state index contributed by atoms with van der Waals surface area (Å²) in [4.78, 5) is 17.7. The molecule has 25 heavy (non-hydrogen) atoms. The third-order valence-corrected chi connectivity index (χ3v) is 4.66. The molecule has 1 aliphatic rings. The van der Waals surface area contributed by atoms with Gasteiger partial charge in [0.2, 0.25) is 0 Å². The Kier molecular flexibility index (Phi) is 4.83. The summed E-state index contributed by atoms with van der Waals surface area (Å²) in [6.07, 6.45) is 3.79. The summed E-state index contributed by atoms with van der Waals surface area (Å²) in [5.41, 5.74) is 3.68. The maximum Gasteiger partial charge on any atom is 0.336 e. The standard InChI is InChI=1S/C20H21FN2O2/c1-13-10-19(23-8-3-4-9-23)17(21)11-15(13)12-22-18-7-5-6-16(14(18)2)20(24)25/h5-7,10-12H,3-4,8-9H2,1-2H3,(H,24,25). The van der Waals surface area contributed by atoms with Gasteiger partial charge in [0, 0.05) is 19.3 Å². The highest BCUT2D eigenvalue weighted by Crippen LogP contribution is 2.27. The normalized spacial score (nSPS) is 14.4. The third kappa shape index (κ3) is 3.55. The van der Waals surface area contributed by atoms with Crippen molar-refractivity contribution in [2.45, 2.75) is 26.7 Å². The lowest BCUT2D eigenvalue weighted by Gasteiger charge is -2.19. The minimum atomic E-state index is -0.980. The lowest BCUT2D eigenvalue weighted by molar-refractivity contribution is 0.0696. The van der Waals surface area contributed by atoms with Crippen LogP contribution in [-0.2, 0) is 0 Å². The second kappa shape index (κ2) is 7.05. The van der Waals surface area contributed by atoms with Gasteiger partial charge in [-0.25, -0.2) is 9.18 Å². The summed E-state index contributed by atoms with van der Waals surface area (Å²) in [5, 5.41) is 9.18. The van der Waals surface area contributed by atoms with E-state index in [0.29, 0.717) is 22.5 Å². The number of anilines is 1. The topological polar surface area (TPSA) is 52.9 Å². The zero-order valence-electron chi connectivity index (χ0n) is 14.4. The molecule has 0 amide bonds. The molecular formula is C20H21FN2O2. The van der Waals surface area contributed by atoms with Crippen LogP contribution in [0.4, 0.5) is 15.8 Å². The SMILES string of the molecule is Cc1cc(N2CCCC2)c(F)cc1C=Nc1cccc(C(=O)O)c1C. The van der Waals surface area contributed by atoms with Gasteiger partial charge in [-0.1, -0.05) is 6.07 Å². The highest BCUT2D eigenvalue weighted by Gasteiger charge is 2.17. The molecule has 0 aliphatic carbocycles. The van der Waals surface area contributed by atoms with Crippen LogP contribution in [0, 0.1) is 19.7 Å². The molecule has 2 aromatic carbocycles. The number of aryl methyl sites for hydroxylation is 1. The molecule has 4 nitrogen and oxygen atoms in total. The van der Waals surface area contributed by atoms with Gasteiger partial charge in [0.1, 0.15) is 5.82 Å². The van der Waals surface area contributed by atoms with Gasteiger partial charge in [-0.15, -0.1) is 0 Å². The summed E-state index contributed by atoms with van der Waals surface area (Å²) >= 11 is 0. The number of hydrogen-bond donors (Lipinski definition) is 1. The number of halogens is 1. The van der Waals surface area contributed by atoms with Gasteiger partial charge < -0.3 is 10.0 Å². The number of hydrogen-bond acceptors (Lipinski definition) is 3. The fourth-order valence-electron chi connectivity index (χ4n) is 3.16. The Morgan fingerprint density at radius 3 is 2.64 bits per heavy atom. The van der Waals surface area contributed by atoms with Gasteiger partial charge in [-0.2, -0.15) is 0 Å². The molecule has 0 spiro atoms. The van der Waals surface area contributed by atoms with Crippen molar-refractivity contribution in [2.75, 3.05) is 18.0 Å². The van der Waals surface area contributed by atoms with Crippen LogP contribution >= 0.6 is 0 Å². The predicted octanol–water partition coefficient (Wildman–Crippen LogP) is 4.49. The molecule has 1 heterocycles. The van der Waals surface area contributed by atoms with E-state index in [2.05, 4.69) is 9.89 Å². The number of nitrogens with zero attached hydrogens (tertiary/aromatic N) is 2. The first-order chi connectivity index (χ1) is 12.0. The minimum absolute atomic E-state index is 0.224. The average Bonchev–Trinajstić information content (AvgIpc) is 3.10. The highest BCUT2D eigenvalue weighted by atomic mass is 19.1. The first-order valence-electron chi connectivity index (χ1n) is 8.39. The van der Waals surface area contributed by atoms with E-state index in [1.54, 1.807) is 31.3 Å². The maximum absolute atomic E-state index is 14.5. The molecule has 130 valence electrons. The molecule has 0 atom stereocenters. The third-order valence-electron chi connectivity index (χ3n) is 4.66. The number of carboxylic acid groups (broad SMARTS) is 1. The fraction of sp³-hybridized carbons (Fsp3) is 0.300. The molecule has 3 rings (SSSR count). The largest absolute Gasteiger partial charge is 0.478 e. The van der Waals surface area contributed by atoms with E-state index < -0.39 is 5.97 Å². The smallest absolute Gasteiger partial charge is 0.336 e. The fourth-order valence-corrected chi connectivity index (χ4v) is 3.16. The van der Waals surface area contributed by atoms with E-state index in [1.165, 1.54) is 6.07 Å². The molecule has 0 bridgehead atoms. The van der Waals surface area contributed by atoms with Crippen LogP contribution in [0.1, 0.15) is 39.9 Å². The summed E-state index contributed by atoms with van der Waals surface area (Å²) in [6, 6.07) is 8.33. The van der Waals surface area contributed by atoms with Crippen molar-refractivity contribution in [2.24, 2.45) is 4.99 Å². The van der Waals surface area contributed by atoms with Gasteiger partial charge in [0.25, 0.3) is 0 Å². The van der Waals surface area contributed by atoms with E-state index in [1.807, 2.05) is 13.0 Å². The second-order valence-electron chi connectivity index (χ2n) is 6.37. The Morgan fingerprint density at radius 2 is 1.96 bits per heavy atom. The van der Waals surface area contributed by atoms with Crippen molar-refractivity contribution < 1.29 is 14.3 Å². The maximum atomic E-state index is 14.5. The van der Waals surface area contributed by atoms with Gasteiger partial charge >= 0.3 is 5.97 Å².